The van der Waals surface area contributed by atoms with Gasteiger partial charge in [-0.1, -0.05) is 65.5 Å². The van der Waals surface area contributed by atoms with Gasteiger partial charge < -0.3 is 10.2 Å². The van der Waals surface area contributed by atoms with Crippen molar-refractivity contribution < 1.29 is 18.0 Å². The number of sulfonamides is 1. The maximum absolute atomic E-state index is 13.8. The van der Waals surface area contributed by atoms with Crippen molar-refractivity contribution in [1.82, 2.24) is 10.2 Å². The zero-order valence-corrected chi connectivity index (χ0v) is 23.9. The number of carbonyl (C=O) groups is 2. The SMILES string of the molecule is CC[C@H](C(=O)NC1CCCC1)N(Cc1cccc(C)c1)C(=O)CN(c1ccc(Br)c(C)c1)S(C)(=O)=O. The zero-order chi connectivity index (χ0) is 26.5. The minimum Gasteiger partial charge on any atom is -0.352 e. The molecule has 0 aromatic heterocycles. The Bertz CT molecular complexity index is 1200. The highest BCUT2D eigenvalue weighted by molar-refractivity contribution is 9.10. The third-order valence-electron chi connectivity index (χ3n) is 6.63. The lowest BCUT2D eigenvalue weighted by Gasteiger charge is -2.33. The van der Waals surface area contributed by atoms with E-state index in [4.69, 9.17) is 0 Å². The number of hydrogen-bond donors (Lipinski definition) is 1. The number of nitrogens with zero attached hydrogens (tertiary/aromatic N) is 2. The van der Waals surface area contributed by atoms with Crippen molar-refractivity contribution in [3.8, 4) is 0 Å². The highest BCUT2D eigenvalue weighted by Gasteiger charge is 2.33. The monoisotopic (exact) mass is 577 g/mol. The molecule has 0 aliphatic heterocycles. The van der Waals surface area contributed by atoms with Gasteiger partial charge in [-0.05, 0) is 62.4 Å². The standard InChI is InChI=1S/C27H36BrN3O4S/c1-5-25(27(33)29-22-11-6-7-12-22)30(17-21-10-8-9-19(2)15-21)26(32)18-31(36(4,34)35)23-13-14-24(28)20(3)16-23/h8-10,13-16,22,25H,5-7,11-12,17-18H2,1-4H3,(H,29,33)/t25-/m1/s1. The summed E-state index contributed by atoms with van der Waals surface area (Å²) in [6.07, 6.45) is 5.57. The second kappa shape index (κ2) is 12.2. The molecule has 196 valence electrons. The molecular weight excluding hydrogens is 542 g/mol. The highest BCUT2D eigenvalue weighted by Crippen LogP contribution is 2.25. The second-order valence-electron chi connectivity index (χ2n) is 9.63. The van der Waals surface area contributed by atoms with Crippen LogP contribution in [0.2, 0.25) is 0 Å². The third kappa shape index (κ3) is 7.32. The lowest BCUT2D eigenvalue weighted by atomic mass is 10.1. The van der Waals surface area contributed by atoms with E-state index in [2.05, 4.69) is 21.2 Å². The van der Waals surface area contributed by atoms with Crippen molar-refractivity contribution in [3.63, 3.8) is 0 Å². The van der Waals surface area contributed by atoms with Crippen molar-refractivity contribution in [3.05, 3.63) is 63.6 Å². The molecule has 1 aliphatic carbocycles. The first-order chi connectivity index (χ1) is 17.0. The largest absolute Gasteiger partial charge is 0.352 e. The molecule has 0 heterocycles. The summed E-state index contributed by atoms with van der Waals surface area (Å²) in [6.45, 7) is 5.54. The predicted octanol–water partition coefficient (Wildman–Crippen LogP) is 4.70. The van der Waals surface area contributed by atoms with Crippen LogP contribution in [0.3, 0.4) is 0 Å². The van der Waals surface area contributed by atoms with Crippen molar-refractivity contribution >= 4 is 43.5 Å². The Morgan fingerprint density at radius 2 is 1.81 bits per heavy atom. The number of anilines is 1. The molecular formula is C27H36BrN3O4S. The molecule has 1 N–H and O–H groups in total. The predicted molar refractivity (Wildman–Crippen MR) is 147 cm³/mol. The van der Waals surface area contributed by atoms with Crippen LogP contribution in [0.4, 0.5) is 5.69 Å². The Balaban J connectivity index is 1.93. The van der Waals surface area contributed by atoms with Gasteiger partial charge in [0.2, 0.25) is 21.8 Å². The Kier molecular flexibility index (Phi) is 9.58. The molecule has 1 fully saturated rings. The maximum Gasteiger partial charge on any atom is 0.244 e. The van der Waals surface area contributed by atoms with Gasteiger partial charge >= 0.3 is 0 Å². The Morgan fingerprint density at radius 1 is 1.11 bits per heavy atom. The summed E-state index contributed by atoms with van der Waals surface area (Å²) in [6, 6.07) is 12.4. The van der Waals surface area contributed by atoms with Crippen molar-refractivity contribution in [2.75, 3.05) is 17.1 Å². The minimum absolute atomic E-state index is 0.126. The van der Waals surface area contributed by atoms with E-state index in [1.165, 1.54) is 4.90 Å². The van der Waals surface area contributed by atoms with Gasteiger partial charge in [0, 0.05) is 17.1 Å². The number of carbonyl (C=O) groups excluding carboxylic acids is 2. The fourth-order valence-electron chi connectivity index (χ4n) is 4.69. The molecule has 0 unspecified atom stereocenters. The summed E-state index contributed by atoms with van der Waals surface area (Å²) in [5.74, 6) is -0.605. The number of rotatable bonds is 10. The first-order valence-corrected chi connectivity index (χ1v) is 15.0. The molecule has 2 aromatic carbocycles. The fraction of sp³-hybridized carbons (Fsp3) is 0.481. The van der Waals surface area contributed by atoms with Crippen LogP contribution in [0.25, 0.3) is 0 Å². The van der Waals surface area contributed by atoms with Crippen LogP contribution in [0, 0.1) is 13.8 Å². The summed E-state index contributed by atoms with van der Waals surface area (Å²) < 4.78 is 27.5. The lowest BCUT2D eigenvalue weighted by molar-refractivity contribution is -0.140. The van der Waals surface area contributed by atoms with E-state index in [0.29, 0.717) is 12.1 Å². The smallest absolute Gasteiger partial charge is 0.244 e. The van der Waals surface area contributed by atoms with E-state index in [1.54, 1.807) is 18.2 Å². The molecule has 0 saturated heterocycles. The van der Waals surface area contributed by atoms with Crippen LogP contribution in [0.15, 0.2) is 46.9 Å². The molecule has 2 amide bonds. The number of benzene rings is 2. The molecule has 1 saturated carbocycles. The summed E-state index contributed by atoms with van der Waals surface area (Å²) in [5.41, 5.74) is 3.20. The van der Waals surface area contributed by atoms with E-state index < -0.39 is 22.0 Å². The topological polar surface area (TPSA) is 86.8 Å². The molecule has 2 aromatic rings. The summed E-state index contributed by atoms with van der Waals surface area (Å²) >= 11 is 3.44. The van der Waals surface area contributed by atoms with Crippen LogP contribution in [-0.2, 0) is 26.2 Å². The van der Waals surface area contributed by atoms with Gasteiger partial charge in [-0.15, -0.1) is 0 Å². The second-order valence-corrected chi connectivity index (χ2v) is 12.4. The fourth-order valence-corrected chi connectivity index (χ4v) is 5.78. The lowest BCUT2D eigenvalue weighted by Crippen LogP contribution is -2.53. The number of halogens is 1. The van der Waals surface area contributed by atoms with Gasteiger partial charge in [-0.3, -0.25) is 13.9 Å². The highest BCUT2D eigenvalue weighted by atomic mass is 79.9. The van der Waals surface area contributed by atoms with Crippen LogP contribution in [0.1, 0.15) is 55.7 Å². The number of aryl methyl sites for hydroxylation is 2. The number of amides is 2. The van der Waals surface area contributed by atoms with E-state index in [0.717, 1.165) is 57.4 Å². The van der Waals surface area contributed by atoms with Crippen LogP contribution in [0.5, 0.6) is 0 Å². The Hall–Kier alpha value is -2.39. The van der Waals surface area contributed by atoms with Crippen LogP contribution in [-0.4, -0.2) is 50.0 Å². The molecule has 36 heavy (non-hydrogen) atoms. The molecule has 0 spiro atoms. The number of nitrogens with one attached hydrogen (secondary N) is 1. The Labute approximate surface area is 223 Å². The van der Waals surface area contributed by atoms with E-state index >= 15 is 0 Å². The zero-order valence-electron chi connectivity index (χ0n) is 21.5. The molecule has 7 nitrogen and oxygen atoms in total. The molecule has 1 atom stereocenters. The summed E-state index contributed by atoms with van der Waals surface area (Å²) in [7, 11) is -3.76. The summed E-state index contributed by atoms with van der Waals surface area (Å²) in [4.78, 5) is 28.6. The molecule has 9 heteroatoms. The van der Waals surface area contributed by atoms with Gasteiger partial charge in [0.25, 0.3) is 0 Å². The van der Waals surface area contributed by atoms with Gasteiger partial charge in [0.15, 0.2) is 0 Å². The van der Waals surface area contributed by atoms with Crippen molar-refractivity contribution in [2.24, 2.45) is 0 Å². The quantitative estimate of drug-likeness (QED) is 0.443. The molecule has 1 aliphatic rings. The normalized spacial score (nSPS) is 14.9. The van der Waals surface area contributed by atoms with Gasteiger partial charge in [0.05, 0.1) is 11.9 Å². The number of hydrogen-bond acceptors (Lipinski definition) is 4. The van der Waals surface area contributed by atoms with Crippen LogP contribution < -0.4 is 9.62 Å². The molecule has 0 bridgehead atoms. The average molecular weight is 579 g/mol. The molecule has 0 radical (unpaired) electrons. The van der Waals surface area contributed by atoms with Crippen LogP contribution >= 0.6 is 15.9 Å². The maximum atomic E-state index is 13.8. The van der Waals surface area contributed by atoms with Gasteiger partial charge in [-0.2, -0.15) is 0 Å². The van der Waals surface area contributed by atoms with E-state index in [9.17, 15) is 18.0 Å². The van der Waals surface area contributed by atoms with Crippen molar-refractivity contribution in [1.29, 1.82) is 0 Å². The van der Waals surface area contributed by atoms with Gasteiger partial charge in [-0.25, -0.2) is 8.42 Å². The van der Waals surface area contributed by atoms with E-state index in [1.807, 2.05) is 45.0 Å². The molecule has 3 rings (SSSR count). The van der Waals surface area contributed by atoms with Crippen molar-refractivity contribution in [2.45, 2.75) is 71.5 Å². The minimum atomic E-state index is -3.76. The third-order valence-corrected chi connectivity index (χ3v) is 8.66. The summed E-state index contributed by atoms with van der Waals surface area (Å²) in [5, 5.41) is 3.12. The average Bonchev–Trinajstić information content (AvgIpc) is 3.31. The Morgan fingerprint density at radius 3 is 2.39 bits per heavy atom. The first kappa shape index (κ1) is 28.2. The van der Waals surface area contributed by atoms with Gasteiger partial charge in [0.1, 0.15) is 12.6 Å². The first-order valence-electron chi connectivity index (χ1n) is 12.4. The van der Waals surface area contributed by atoms with E-state index in [-0.39, 0.29) is 25.0 Å².